The maximum atomic E-state index is 13.1. The minimum atomic E-state index is -0.318. The molecule has 0 aliphatic carbocycles. The second-order valence-corrected chi connectivity index (χ2v) is 8.52. The predicted molar refractivity (Wildman–Crippen MR) is 119 cm³/mol. The van der Waals surface area contributed by atoms with Crippen molar-refractivity contribution in [3.8, 4) is 0 Å². The van der Waals surface area contributed by atoms with Crippen molar-refractivity contribution in [1.82, 2.24) is 14.7 Å². The van der Waals surface area contributed by atoms with E-state index in [0.29, 0.717) is 56.3 Å². The van der Waals surface area contributed by atoms with Gasteiger partial charge < -0.3 is 14.7 Å². The van der Waals surface area contributed by atoms with E-state index in [2.05, 4.69) is 0 Å². The fourth-order valence-electron chi connectivity index (χ4n) is 4.30. The van der Waals surface area contributed by atoms with E-state index in [-0.39, 0.29) is 30.1 Å². The van der Waals surface area contributed by atoms with Crippen molar-refractivity contribution in [3.05, 3.63) is 70.7 Å². The third-order valence-corrected chi connectivity index (χ3v) is 6.31. The number of halogens is 1. The summed E-state index contributed by atoms with van der Waals surface area (Å²) < 4.78 is 0. The Kier molecular flexibility index (Phi) is 6.56. The summed E-state index contributed by atoms with van der Waals surface area (Å²) in [5.74, 6) is -0.393. The van der Waals surface area contributed by atoms with Crippen LogP contribution < -0.4 is 0 Å². The Hall–Kier alpha value is -2.86. The molecular weight excluding hydrogens is 414 g/mol. The molecule has 3 amide bonds. The smallest absolute Gasteiger partial charge is 0.255 e. The van der Waals surface area contributed by atoms with Crippen LogP contribution in [0.15, 0.2) is 54.6 Å². The van der Waals surface area contributed by atoms with Crippen LogP contribution in [0.25, 0.3) is 0 Å². The first-order chi connectivity index (χ1) is 15.0. The van der Waals surface area contributed by atoms with Gasteiger partial charge in [0.2, 0.25) is 11.8 Å². The molecule has 2 aliphatic heterocycles. The topological polar surface area (TPSA) is 60.9 Å². The molecule has 4 rings (SSSR count). The molecule has 1 atom stereocenters. The molecule has 6 nitrogen and oxygen atoms in total. The highest BCUT2D eigenvalue weighted by Crippen LogP contribution is 2.23. The number of benzene rings is 2. The van der Waals surface area contributed by atoms with Crippen LogP contribution in [-0.2, 0) is 16.1 Å². The van der Waals surface area contributed by atoms with Gasteiger partial charge in [0.25, 0.3) is 5.91 Å². The van der Waals surface area contributed by atoms with Crippen molar-refractivity contribution >= 4 is 29.3 Å². The lowest BCUT2D eigenvalue weighted by Gasteiger charge is -2.25. The fourth-order valence-corrected chi connectivity index (χ4v) is 4.51. The lowest BCUT2D eigenvalue weighted by Crippen LogP contribution is -2.40. The summed E-state index contributed by atoms with van der Waals surface area (Å²) in [7, 11) is 0. The maximum Gasteiger partial charge on any atom is 0.255 e. The number of nitrogens with zero attached hydrogens (tertiary/aromatic N) is 3. The average molecular weight is 440 g/mol. The molecule has 2 aromatic rings. The predicted octanol–water partition coefficient (Wildman–Crippen LogP) is 3.06. The first kappa shape index (κ1) is 21.4. The van der Waals surface area contributed by atoms with Gasteiger partial charge in [0.15, 0.2) is 0 Å². The van der Waals surface area contributed by atoms with Crippen LogP contribution in [0, 0.1) is 5.92 Å². The van der Waals surface area contributed by atoms with E-state index in [1.54, 1.807) is 34.1 Å². The van der Waals surface area contributed by atoms with Crippen LogP contribution in [0.5, 0.6) is 0 Å². The van der Waals surface area contributed by atoms with Gasteiger partial charge in [-0.1, -0.05) is 54.1 Å². The van der Waals surface area contributed by atoms with Crippen LogP contribution >= 0.6 is 11.6 Å². The minimum absolute atomic E-state index is 0.0101. The van der Waals surface area contributed by atoms with Crippen molar-refractivity contribution in [2.45, 2.75) is 19.4 Å². The van der Waals surface area contributed by atoms with E-state index in [9.17, 15) is 14.4 Å². The highest BCUT2D eigenvalue weighted by molar-refractivity contribution is 6.33. The molecule has 0 aromatic heterocycles. The van der Waals surface area contributed by atoms with E-state index in [1.165, 1.54) is 0 Å². The Labute approximate surface area is 187 Å². The minimum Gasteiger partial charge on any atom is -0.341 e. The first-order valence-electron chi connectivity index (χ1n) is 10.7. The normalized spacial score (nSPS) is 19.5. The molecule has 0 spiro atoms. The average Bonchev–Trinajstić information content (AvgIpc) is 2.99. The van der Waals surface area contributed by atoms with Crippen molar-refractivity contribution in [2.24, 2.45) is 5.92 Å². The second-order valence-electron chi connectivity index (χ2n) is 8.11. The molecule has 162 valence electrons. The highest BCUT2D eigenvalue weighted by atomic mass is 35.5. The largest absolute Gasteiger partial charge is 0.341 e. The summed E-state index contributed by atoms with van der Waals surface area (Å²) in [5, 5.41) is 0.438. The van der Waals surface area contributed by atoms with Gasteiger partial charge in [0, 0.05) is 45.7 Å². The zero-order valence-electron chi connectivity index (χ0n) is 17.4. The fraction of sp³-hybridized carbons (Fsp3) is 0.375. The molecule has 31 heavy (non-hydrogen) atoms. The summed E-state index contributed by atoms with van der Waals surface area (Å²) >= 11 is 6.18. The van der Waals surface area contributed by atoms with Crippen LogP contribution in [0.1, 0.15) is 28.8 Å². The molecule has 2 fully saturated rings. The Morgan fingerprint density at radius 3 is 2.35 bits per heavy atom. The molecule has 0 bridgehead atoms. The number of hydrogen-bond acceptors (Lipinski definition) is 3. The first-order valence-corrected chi connectivity index (χ1v) is 11.0. The molecule has 0 saturated carbocycles. The lowest BCUT2D eigenvalue weighted by atomic mass is 10.1. The van der Waals surface area contributed by atoms with Gasteiger partial charge in [-0.3, -0.25) is 14.4 Å². The van der Waals surface area contributed by atoms with Gasteiger partial charge in [0.1, 0.15) is 0 Å². The van der Waals surface area contributed by atoms with Crippen molar-refractivity contribution < 1.29 is 14.4 Å². The monoisotopic (exact) mass is 439 g/mol. The third-order valence-electron chi connectivity index (χ3n) is 5.98. The Bertz CT molecular complexity index is 966. The van der Waals surface area contributed by atoms with Gasteiger partial charge >= 0.3 is 0 Å². The molecule has 0 N–H and O–H groups in total. The summed E-state index contributed by atoms with van der Waals surface area (Å²) in [6.45, 7) is 3.09. The molecule has 0 radical (unpaired) electrons. The summed E-state index contributed by atoms with van der Waals surface area (Å²) in [6, 6.07) is 16.9. The second kappa shape index (κ2) is 9.52. The number of hydrogen-bond donors (Lipinski definition) is 0. The van der Waals surface area contributed by atoms with E-state index in [0.717, 1.165) is 5.56 Å². The van der Waals surface area contributed by atoms with E-state index >= 15 is 0 Å². The SMILES string of the molecule is O=C1CC(C(=O)N2CCCN(C(=O)c3ccccc3Cl)CC2)CN1Cc1ccccc1. The number of amides is 3. The third kappa shape index (κ3) is 4.90. The van der Waals surface area contributed by atoms with E-state index < -0.39 is 0 Å². The molecular formula is C24H26ClN3O3. The zero-order chi connectivity index (χ0) is 21.8. The molecule has 2 heterocycles. The standard InChI is InChI=1S/C24H26ClN3O3/c25-21-10-5-4-9-20(21)24(31)27-12-6-11-26(13-14-27)23(30)19-15-22(29)28(17-19)16-18-7-2-1-3-8-18/h1-5,7-10,19H,6,11-17H2. The van der Waals surface area contributed by atoms with Gasteiger partial charge in [-0.25, -0.2) is 0 Å². The van der Waals surface area contributed by atoms with E-state index in [1.807, 2.05) is 35.2 Å². The summed E-state index contributed by atoms with van der Waals surface area (Å²) in [4.78, 5) is 43.8. The van der Waals surface area contributed by atoms with Crippen LogP contribution in [-0.4, -0.2) is 65.1 Å². The Balaban J connectivity index is 1.35. The molecule has 7 heteroatoms. The summed E-state index contributed by atoms with van der Waals surface area (Å²) in [5.41, 5.74) is 1.55. The van der Waals surface area contributed by atoms with Crippen LogP contribution in [0.4, 0.5) is 0 Å². The number of rotatable bonds is 4. The van der Waals surface area contributed by atoms with E-state index in [4.69, 9.17) is 11.6 Å². The van der Waals surface area contributed by atoms with Gasteiger partial charge in [-0.15, -0.1) is 0 Å². The van der Waals surface area contributed by atoms with Crippen molar-refractivity contribution in [3.63, 3.8) is 0 Å². The molecule has 1 unspecified atom stereocenters. The number of likely N-dealkylation sites (tertiary alicyclic amines) is 1. The van der Waals surface area contributed by atoms with Gasteiger partial charge in [0.05, 0.1) is 16.5 Å². The van der Waals surface area contributed by atoms with Crippen molar-refractivity contribution in [2.75, 3.05) is 32.7 Å². The zero-order valence-corrected chi connectivity index (χ0v) is 18.1. The highest BCUT2D eigenvalue weighted by Gasteiger charge is 2.37. The lowest BCUT2D eigenvalue weighted by molar-refractivity contribution is -0.135. The van der Waals surface area contributed by atoms with Crippen LogP contribution in [0.3, 0.4) is 0 Å². The molecule has 2 aliphatic rings. The van der Waals surface area contributed by atoms with Gasteiger partial charge in [-0.05, 0) is 24.1 Å². The van der Waals surface area contributed by atoms with Gasteiger partial charge in [-0.2, -0.15) is 0 Å². The quantitative estimate of drug-likeness (QED) is 0.735. The Morgan fingerprint density at radius 2 is 1.58 bits per heavy atom. The van der Waals surface area contributed by atoms with Crippen molar-refractivity contribution in [1.29, 1.82) is 0 Å². The number of carbonyl (C=O) groups excluding carboxylic acids is 3. The van der Waals surface area contributed by atoms with Crippen LogP contribution in [0.2, 0.25) is 5.02 Å². The molecule has 2 saturated heterocycles. The number of carbonyl (C=O) groups is 3. The summed E-state index contributed by atoms with van der Waals surface area (Å²) in [6.07, 6.45) is 0.959. The maximum absolute atomic E-state index is 13.1. The Morgan fingerprint density at radius 1 is 0.903 bits per heavy atom. The molecule has 2 aromatic carbocycles.